The third kappa shape index (κ3) is 2.47. The highest BCUT2D eigenvalue weighted by atomic mass is 16.5. The Bertz CT molecular complexity index is 575. The lowest BCUT2D eigenvalue weighted by Gasteiger charge is -2.36. The first-order chi connectivity index (χ1) is 10.1. The largest absolute Gasteiger partial charge is 0.479 e. The number of nitrogens with zero attached hydrogens (tertiary/aromatic N) is 2. The number of para-hydroxylation sites is 2. The normalized spacial score (nSPS) is 24.8. The predicted molar refractivity (Wildman–Crippen MR) is 77.6 cm³/mol. The SMILES string of the molecule is CN1CCN(C(=O)[C@@H]2CC[C@H](C(=O)O)O2)c2ccccc21. The minimum absolute atomic E-state index is 0.140. The molecule has 1 fully saturated rings. The highest BCUT2D eigenvalue weighted by molar-refractivity contribution is 6.00. The molecule has 1 amide bonds. The van der Waals surface area contributed by atoms with Crippen molar-refractivity contribution >= 4 is 23.3 Å². The van der Waals surface area contributed by atoms with E-state index in [1.807, 2.05) is 31.3 Å². The van der Waals surface area contributed by atoms with Crippen LogP contribution >= 0.6 is 0 Å². The molecule has 0 aliphatic carbocycles. The lowest BCUT2D eigenvalue weighted by molar-refractivity contribution is -0.151. The fraction of sp³-hybridized carbons (Fsp3) is 0.467. The standard InChI is InChI=1S/C15H18N2O4/c1-16-8-9-17(11-5-3-2-4-10(11)16)14(18)12-6-7-13(21-12)15(19)20/h2-5,12-13H,6-9H2,1H3,(H,19,20)/t12-,13+/m0/s1. The Balaban J connectivity index is 1.80. The summed E-state index contributed by atoms with van der Waals surface area (Å²) in [5.41, 5.74) is 1.86. The summed E-state index contributed by atoms with van der Waals surface area (Å²) in [6.07, 6.45) is -0.657. The molecule has 2 aliphatic heterocycles. The zero-order valence-electron chi connectivity index (χ0n) is 11.9. The van der Waals surface area contributed by atoms with Gasteiger partial charge in [-0.2, -0.15) is 0 Å². The number of carbonyl (C=O) groups excluding carboxylic acids is 1. The molecule has 0 radical (unpaired) electrons. The maximum Gasteiger partial charge on any atom is 0.332 e. The number of anilines is 2. The van der Waals surface area contributed by atoms with Crippen molar-refractivity contribution < 1.29 is 19.4 Å². The second-order valence-electron chi connectivity index (χ2n) is 5.43. The van der Waals surface area contributed by atoms with Crippen molar-refractivity contribution in [1.82, 2.24) is 0 Å². The number of likely N-dealkylation sites (N-methyl/N-ethyl adjacent to an activating group) is 1. The van der Waals surface area contributed by atoms with Crippen molar-refractivity contribution in [1.29, 1.82) is 0 Å². The van der Waals surface area contributed by atoms with Gasteiger partial charge in [-0.25, -0.2) is 4.79 Å². The van der Waals surface area contributed by atoms with E-state index in [0.29, 0.717) is 19.4 Å². The molecule has 2 atom stereocenters. The van der Waals surface area contributed by atoms with Crippen molar-refractivity contribution in [3.05, 3.63) is 24.3 Å². The Hall–Kier alpha value is -2.08. The molecule has 112 valence electrons. The maximum absolute atomic E-state index is 12.6. The molecule has 2 aliphatic rings. The molecule has 6 nitrogen and oxygen atoms in total. The molecule has 1 saturated heterocycles. The Kier molecular flexibility index (Phi) is 3.55. The van der Waals surface area contributed by atoms with Gasteiger partial charge in [-0.1, -0.05) is 12.1 Å². The fourth-order valence-corrected chi connectivity index (χ4v) is 2.91. The van der Waals surface area contributed by atoms with E-state index < -0.39 is 18.2 Å². The van der Waals surface area contributed by atoms with Crippen LogP contribution in [0.2, 0.25) is 0 Å². The molecular weight excluding hydrogens is 272 g/mol. The second-order valence-corrected chi connectivity index (χ2v) is 5.43. The molecule has 6 heteroatoms. The third-order valence-electron chi connectivity index (χ3n) is 4.08. The number of ether oxygens (including phenoxy) is 1. The molecular formula is C15H18N2O4. The topological polar surface area (TPSA) is 70.1 Å². The Morgan fingerprint density at radius 2 is 1.81 bits per heavy atom. The minimum atomic E-state index is -0.996. The molecule has 0 aromatic heterocycles. The van der Waals surface area contributed by atoms with Gasteiger partial charge in [0.15, 0.2) is 6.10 Å². The second kappa shape index (κ2) is 5.37. The van der Waals surface area contributed by atoms with E-state index in [4.69, 9.17) is 9.84 Å². The molecule has 1 aromatic carbocycles. The van der Waals surface area contributed by atoms with Crippen molar-refractivity contribution in [3.8, 4) is 0 Å². The highest BCUT2D eigenvalue weighted by Gasteiger charge is 2.38. The molecule has 1 N–H and O–H groups in total. The van der Waals surface area contributed by atoms with Crippen LogP contribution in [-0.2, 0) is 14.3 Å². The van der Waals surface area contributed by atoms with Gasteiger partial charge in [-0.3, -0.25) is 4.79 Å². The van der Waals surface area contributed by atoms with E-state index in [0.717, 1.165) is 17.9 Å². The highest BCUT2D eigenvalue weighted by Crippen LogP contribution is 2.33. The van der Waals surface area contributed by atoms with Crippen LogP contribution in [0.3, 0.4) is 0 Å². The van der Waals surface area contributed by atoms with Gasteiger partial charge in [-0.15, -0.1) is 0 Å². The maximum atomic E-state index is 12.6. The molecule has 1 aromatic rings. The molecule has 21 heavy (non-hydrogen) atoms. The van der Waals surface area contributed by atoms with Crippen LogP contribution in [0.1, 0.15) is 12.8 Å². The van der Waals surface area contributed by atoms with Gasteiger partial charge in [0.1, 0.15) is 6.10 Å². The number of amides is 1. The summed E-state index contributed by atoms with van der Waals surface area (Å²) in [6, 6.07) is 7.72. The lowest BCUT2D eigenvalue weighted by Crippen LogP contribution is -2.47. The van der Waals surface area contributed by atoms with E-state index in [9.17, 15) is 9.59 Å². The third-order valence-corrected chi connectivity index (χ3v) is 4.08. The Morgan fingerprint density at radius 1 is 1.14 bits per heavy atom. The zero-order chi connectivity index (χ0) is 15.0. The van der Waals surface area contributed by atoms with Crippen molar-refractivity contribution in [2.24, 2.45) is 0 Å². The first-order valence-electron chi connectivity index (χ1n) is 7.07. The molecule has 0 saturated carbocycles. The number of carboxylic acids is 1. The number of fused-ring (bicyclic) bond motifs is 1. The summed E-state index contributed by atoms with van der Waals surface area (Å²) in [7, 11) is 1.99. The Morgan fingerprint density at radius 3 is 2.48 bits per heavy atom. The summed E-state index contributed by atoms with van der Waals surface area (Å²) in [6.45, 7) is 1.34. The van der Waals surface area contributed by atoms with Crippen LogP contribution in [0.5, 0.6) is 0 Å². The van der Waals surface area contributed by atoms with Crippen molar-refractivity contribution in [3.63, 3.8) is 0 Å². The smallest absolute Gasteiger partial charge is 0.332 e. The van der Waals surface area contributed by atoms with Gasteiger partial charge in [0.25, 0.3) is 5.91 Å². The van der Waals surface area contributed by atoms with Gasteiger partial charge in [0, 0.05) is 20.1 Å². The number of carboxylic acid groups (broad SMARTS) is 1. The number of benzene rings is 1. The van der Waals surface area contributed by atoms with E-state index in [-0.39, 0.29) is 5.91 Å². The van der Waals surface area contributed by atoms with E-state index in [1.165, 1.54) is 0 Å². The summed E-state index contributed by atoms with van der Waals surface area (Å²) in [4.78, 5) is 27.4. The fourth-order valence-electron chi connectivity index (χ4n) is 2.91. The number of rotatable bonds is 2. The minimum Gasteiger partial charge on any atom is -0.479 e. The zero-order valence-corrected chi connectivity index (χ0v) is 11.9. The van der Waals surface area contributed by atoms with Crippen LogP contribution in [-0.4, -0.2) is 49.3 Å². The average molecular weight is 290 g/mol. The number of hydrogen-bond donors (Lipinski definition) is 1. The first-order valence-corrected chi connectivity index (χ1v) is 7.07. The molecule has 0 spiro atoms. The summed E-state index contributed by atoms with van der Waals surface area (Å²) < 4.78 is 5.38. The van der Waals surface area contributed by atoms with Crippen LogP contribution in [0.25, 0.3) is 0 Å². The monoisotopic (exact) mass is 290 g/mol. The summed E-state index contributed by atoms with van der Waals surface area (Å²) in [5.74, 6) is -1.14. The number of carbonyl (C=O) groups is 2. The molecule has 0 bridgehead atoms. The lowest BCUT2D eigenvalue weighted by atomic mass is 10.1. The van der Waals surface area contributed by atoms with Crippen LogP contribution in [0, 0.1) is 0 Å². The summed E-state index contributed by atoms with van der Waals surface area (Å²) in [5, 5.41) is 8.96. The van der Waals surface area contributed by atoms with Crippen molar-refractivity contribution in [2.75, 3.05) is 29.9 Å². The van der Waals surface area contributed by atoms with E-state index in [1.54, 1.807) is 4.90 Å². The number of hydrogen-bond acceptors (Lipinski definition) is 4. The predicted octanol–water partition coefficient (Wildman–Crippen LogP) is 1.10. The first kappa shape index (κ1) is 13.9. The van der Waals surface area contributed by atoms with Crippen LogP contribution < -0.4 is 9.80 Å². The van der Waals surface area contributed by atoms with Crippen molar-refractivity contribution in [2.45, 2.75) is 25.0 Å². The van der Waals surface area contributed by atoms with Gasteiger partial charge in [0.2, 0.25) is 0 Å². The average Bonchev–Trinajstić information content (AvgIpc) is 2.97. The van der Waals surface area contributed by atoms with Crippen LogP contribution in [0.15, 0.2) is 24.3 Å². The van der Waals surface area contributed by atoms with Gasteiger partial charge < -0.3 is 19.6 Å². The van der Waals surface area contributed by atoms with E-state index in [2.05, 4.69) is 4.90 Å². The molecule has 3 rings (SSSR count). The number of aliphatic carboxylic acids is 1. The Labute approximate surface area is 122 Å². The van der Waals surface area contributed by atoms with Gasteiger partial charge in [-0.05, 0) is 25.0 Å². The quantitative estimate of drug-likeness (QED) is 0.883. The van der Waals surface area contributed by atoms with E-state index >= 15 is 0 Å². The summed E-state index contributed by atoms with van der Waals surface area (Å²) >= 11 is 0. The van der Waals surface area contributed by atoms with Crippen LogP contribution in [0.4, 0.5) is 11.4 Å². The molecule has 0 unspecified atom stereocenters. The van der Waals surface area contributed by atoms with Gasteiger partial charge in [0.05, 0.1) is 11.4 Å². The molecule has 2 heterocycles. The van der Waals surface area contributed by atoms with Gasteiger partial charge >= 0.3 is 5.97 Å².